The standard InChI is InChI=1S/C28H39N5O5/c1-21-19-33(28(36)30-27(21)35)25-18-23(31-32-29)24(38-25)20-37-26(34)17-13-8-6-4-2-3-5-7-10-14-22-15-11-9-12-16-22/h9,11-12,15-16,19,23-25H,2-8,10,13-14,17-18,20H2,1H3,(H,30,35,36)/t23-,24+,25+/m0/s1. The molecule has 10 heteroatoms. The molecule has 1 aromatic carbocycles. The first-order valence-corrected chi connectivity index (χ1v) is 13.7. The van der Waals surface area contributed by atoms with Crippen LogP contribution < -0.4 is 11.2 Å². The lowest BCUT2D eigenvalue weighted by Crippen LogP contribution is -2.33. The first-order valence-electron chi connectivity index (χ1n) is 13.7. The fraction of sp³-hybridized carbons (Fsp3) is 0.607. The van der Waals surface area contributed by atoms with E-state index in [1.54, 1.807) is 6.92 Å². The molecule has 1 fully saturated rings. The summed E-state index contributed by atoms with van der Waals surface area (Å²) in [6.07, 6.45) is 12.1. The van der Waals surface area contributed by atoms with E-state index >= 15 is 0 Å². The van der Waals surface area contributed by atoms with Crippen molar-refractivity contribution in [2.45, 2.75) is 102 Å². The first-order chi connectivity index (χ1) is 18.5. The summed E-state index contributed by atoms with van der Waals surface area (Å²) in [5.41, 5.74) is 9.61. The lowest BCUT2D eigenvalue weighted by molar-refractivity contribution is -0.148. The average Bonchev–Trinajstić information content (AvgIpc) is 3.31. The fourth-order valence-electron chi connectivity index (χ4n) is 4.75. The number of azide groups is 1. The Kier molecular flexibility index (Phi) is 12.1. The predicted octanol–water partition coefficient (Wildman–Crippen LogP) is 5.50. The van der Waals surface area contributed by atoms with Gasteiger partial charge in [-0.3, -0.25) is 19.1 Å². The Morgan fingerprint density at radius 3 is 2.42 bits per heavy atom. The van der Waals surface area contributed by atoms with E-state index in [1.807, 2.05) is 0 Å². The molecule has 1 aliphatic rings. The van der Waals surface area contributed by atoms with Crippen LogP contribution in [0.5, 0.6) is 0 Å². The maximum Gasteiger partial charge on any atom is 0.330 e. The van der Waals surface area contributed by atoms with Crippen molar-refractivity contribution in [3.05, 3.63) is 78.9 Å². The summed E-state index contributed by atoms with van der Waals surface area (Å²) in [4.78, 5) is 41.1. The second kappa shape index (κ2) is 15.8. The summed E-state index contributed by atoms with van der Waals surface area (Å²) in [6, 6.07) is 10.0. The minimum Gasteiger partial charge on any atom is -0.463 e. The van der Waals surface area contributed by atoms with Gasteiger partial charge in [0.15, 0.2) is 0 Å². The zero-order valence-electron chi connectivity index (χ0n) is 22.2. The molecule has 3 atom stereocenters. The van der Waals surface area contributed by atoms with E-state index in [1.165, 1.54) is 54.9 Å². The zero-order valence-corrected chi connectivity index (χ0v) is 22.2. The Balaban J connectivity index is 1.25. The lowest BCUT2D eigenvalue weighted by atomic mass is 10.0. The van der Waals surface area contributed by atoms with Gasteiger partial charge >= 0.3 is 11.7 Å². The van der Waals surface area contributed by atoms with Crippen LogP contribution in [0.15, 0.2) is 51.2 Å². The molecule has 0 radical (unpaired) electrons. The monoisotopic (exact) mass is 525 g/mol. The van der Waals surface area contributed by atoms with Gasteiger partial charge in [0.2, 0.25) is 0 Å². The Morgan fingerprint density at radius 2 is 1.74 bits per heavy atom. The summed E-state index contributed by atoms with van der Waals surface area (Å²) in [6.45, 7) is 1.53. The van der Waals surface area contributed by atoms with Gasteiger partial charge in [-0.05, 0) is 37.3 Å². The number of aryl methyl sites for hydroxylation is 2. The van der Waals surface area contributed by atoms with Crippen molar-refractivity contribution in [1.82, 2.24) is 9.55 Å². The Labute approximate surface area is 223 Å². The molecule has 0 amide bonds. The SMILES string of the molecule is Cc1cn([C@H]2C[C@H](N=[N+]=[N-])[C@@H](COC(=O)CCCCCCCCCCCc3ccccc3)O2)c(=O)[nH]c1=O. The van der Waals surface area contributed by atoms with Crippen molar-refractivity contribution in [1.29, 1.82) is 0 Å². The summed E-state index contributed by atoms with van der Waals surface area (Å²) in [5.74, 6) is -0.313. The number of carbonyl (C=O) groups is 1. The smallest absolute Gasteiger partial charge is 0.330 e. The summed E-state index contributed by atoms with van der Waals surface area (Å²) >= 11 is 0. The molecule has 1 aromatic heterocycles. The molecule has 0 unspecified atom stereocenters. The number of esters is 1. The quantitative estimate of drug-likeness (QED) is 0.101. The van der Waals surface area contributed by atoms with Crippen LogP contribution in [0.2, 0.25) is 0 Å². The third kappa shape index (κ3) is 9.50. The molecule has 0 spiro atoms. The third-order valence-electron chi connectivity index (χ3n) is 6.96. The van der Waals surface area contributed by atoms with E-state index in [9.17, 15) is 14.4 Å². The normalized spacial score (nSPS) is 18.7. The van der Waals surface area contributed by atoms with E-state index in [0.29, 0.717) is 12.0 Å². The van der Waals surface area contributed by atoms with Crippen molar-refractivity contribution in [2.75, 3.05) is 6.61 Å². The zero-order chi connectivity index (χ0) is 27.2. The molecule has 206 valence electrons. The third-order valence-corrected chi connectivity index (χ3v) is 6.96. The van der Waals surface area contributed by atoms with E-state index in [-0.39, 0.29) is 19.0 Å². The first kappa shape index (κ1) is 29.2. The molecular formula is C28H39N5O5. The molecule has 10 nitrogen and oxygen atoms in total. The Bertz CT molecular complexity index is 1170. The molecule has 3 rings (SSSR count). The van der Waals surface area contributed by atoms with Gasteiger partial charge < -0.3 is 9.47 Å². The number of rotatable bonds is 16. The van der Waals surface area contributed by atoms with Crippen molar-refractivity contribution in [2.24, 2.45) is 5.11 Å². The summed E-state index contributed by atoms with van der Waals surface area (Å²) in [5, 5.41) is 3.75. The number of ether oxygens (including phenoxy) is 2. The van der Waals surface area contributed by atoms with Crippen molar-refractivity contribution in [3.8, 4) is 0 Å². The van der Waals surface area contributed by atoms with E-state index in [2.05, 4.69) is 45.3 Å². The van der Waals surface area contributed by atoms with Crippen molar-refractivity contribution >= 4 is 5.97 Å². The minimum atomic E-state index is -0.721. The van der Waals surface area contributed by atoms with Crippen LogP contribution >= 0.6 is 0 Å². The topological polar surface area (TPSA) is 139 Å². The fourth-order valence-corrected chi connectivity index (χ4v) is 4.75. The van der Waals surface area contributed by atoms with Gasteiger partial charge in [-0.1, -0.05) is 80.4 Å². The van der Waals surface area contributed by atoms with E-state index in [0.717, 1.165) is 25.7 Å². The molecule has 2 aromatic rings. The molecule has 0 saturated carbocycles. The molecule has 1 saturated heterocycles. The molecule has 1 N–H and O–H groups in total. The van der Waals surface area contributed by atoms with Gasteiger partial charge in [-0.25, -0.2) is 4.79 Å². The molecule has 38 heavy (non-hydrogen) atoms. The lowest BCUT2D eigenvalue weighted by Gasteiger charge is -2.17. The number of H-pyrrole nitrogens is 1. The molecule has 0 bridgehead atoms. The van der Waals surface area contributed by atoms with Crippen LogP contribution in [-0.2, 0) is 20.7 Å². The highest BCUT2D eigenvalue weighted by Crippen LogP contribution is 2.30. The van der Waals surface area contributed by atoms with Gasteiger partial charge in [-0.2, -0.15) is 0 Å². The maximum absolute atomic E-state index is 12.2. The Morgan fingerprint density at radius 1 is 1.08 bits per heavy atom. The molecule has 0 aliphatic carbocycles. The molecule has 1 aliphatic heterocycles. The highest BCUT2D eigenvalue weighted by Gasteiger charge is 2.37. The minimum absolute atomic E-state index is 0.0552. The Hall–Kier alpha value is -3.36. The highest BCUT2D eigenvalue weighted by molar-refractivity contribution is 5.69. The largest absolute Gasteiger partial charge is 0.463 e. The molecule has 2 heterocycles. The number of aromatic amines is 1. The van der Waals surface area contributed by atoms with Gasteiger partial charge in [0.25, 0.3) is 5.56 Å². The van der Waals surface area contributed by atoms with Gasteiger partial charge in [0.1, 0.15) is 18.9 Å². The van der Waals surface area contributed by atoms with Gasteiger partial charge in [0.05, 0.1) is 6.04 Å². The number of aromatic nitrogens is 2. The van der Waals surface area contributed by atoms with Crippen molar-refractivity contribution in [3.63, 3.8) is 0 Å². The number of hydrogen-bond donors (Lipinski definition) is 1. The highest BCUT2D eigenvalue weighted by atomic mass is 16.6. The number of carbonyl (C=O) groups excluding carboxylic acids is 1. The average molecular weight is 526 g/mol. The van der Waals surface area contributed by atoms with Crippen LogP contribution in [0.1, 0.15) is 88.0 Å². The summed E-state index contributed by atoms with van der Waals surface area (Å²) < 4.78 is 12.5. The van der Waals surface area contributed by atoms with Crippen LogP contribution in [0.25, 0.3) is 10.4 Å². The van der Waals surface area contributed by atoms with Crippen molar-refractivity contribution < 1.29 is 14.3 Å². The number of nitrogens with one attached hydrogen (secondary N) is 1. The van der Waals surface area contributed by atoms with Crippen LogP contribution in [0.3, 0.4) is 0 Å². The van der Waals surface area contributed by atoms with Crippen LogP contribution in [0, 0.1) is 6.92 Å². The second-order valence-corrected chi connectivity index (χ2v) is 9.97. The number of benzene rings is 1. The van der Waals surface area contributed by atoms with Gasteiger partial charge in [-0.15, -0.1) is 0 Å². The number of hydrogen-bond acceptors (Lipinski definition) is 6. The van der Waals surface area contributed by atoms with Crippen LogP contribution in [-0.4, -0.2) is 34.3 Å². The number of unbranched alkanes of at least 4 members (excludes halogenated alkanes) is 8. The molecular weight excluding hydrogens is 486 g/mol. The summed E-state index contributed by atoms with van der Waals surface area (Å²) in [7, 11) is 0. The number of nitrogens with zero attached hydrogens (tertiary/aromatic N) is 4. The van der Waals surface area contributed by atoms with Gasteiger partial charge in [0, 0.05) is 29.5 Å². The maximum atomic E-state index is 12.2. The van der Waals surface area contributed by atoms with E-state index in [4.69, 9.17) is 15.0 Å². The van der Waals surface area contributed by atoms with E-state index < -0.39 is 29.6 Å². The second-order valence-electron chi connectivity index (χ2n) is 9.97. The van der Waals surface area contributed by atoms with Crippen LogP contribution in [0.4, 0.5) is 0 Å². The predicted molar refractivity (Wildman–Crippen MR) is 145 cm³/mol.